The van der Waals surface area contributed by atoms with Crippen LogP contribution in [0.4, 0.5) is 5.69 Å². The van der Waals surface area contributed by atoms with Gasteiger partial charge in [-0.2, -0.15) is 0 Å². The summed E-state index contributed by atoms with van der Waals surface area (Å²) in [6, 6.07) is 6.54. The zero-order valence-electron chi connectivity index (χ0n) is 11.6. The number of hydrogen-bond acceptors (Lipinski definition) is 4. The third kappa shape index (κ3) is 4.59. The SMILES string of the molecule is O=C(CCOc1ccc(Cl)c(Cl)c1)Nc1cnccc1CO. The lowest BCUT2D eigenvalue weighted by Crippen LogP contribution is -2.16. The number of nitrogens with zero attached hydrogens (tertiary/aromatic N) is 1. The zero-order valence-corrected chi connectivity index (χ0v) is 13.1. The van der Waals surface area contributed by atoms with Crippen LogP contribution in [0.3, 0.4) is 0 Å². The molecule has 2 aromatic rings. The highest BCUT2D eigenvalue weighted by molar-refractivity contribution is 6.42. The number of carbonyl (C=O) groups is 1. The van der Waals surface area contributed by atoms with E-state index in [1.165, 1.54) is 6.20 Å². The molecule has 0 aliphatic rings. The van der Waals surface area contributed by atoms with Crippen molar-refractivity contribution in [3.8, 4) is 5.75 Å². The highest BCUT2D eigenvalue weighted by Crippen LogP contribution is 2.26. The van der Waals surface area contributed by atoms with Gasteiger partial charge in [-0.3, -0.25) is 9.78 Å². The monoisotopic (exact) mass is 340 g/mol. The number of aliphatic hydroxyl groups excluding tert-OH is 1. The van der Waals surface area contributed by atoms with Gasteiger partial charge in [0.05, 0.1) is 41.6 Å². The molecule has 116 valence electrons. The first-order valence-electron chi connectivity index (χ1n) is 6.51. The Labute approximate surface area is 137 Å². The van der Waals surface area contributed by atoms with Crippen LogP contribution < -0.4 is 10.1 Å². The van der Waals surface area contributed by atoms with Gasteiger partial charge in [0.2, 0.25) is 5.91 Å². The molecule has 0 radical (unpaired) electrons. The standard InChI is InChI=1S/C15H14Cl2N2O3/c16-12-2-1-11(7-13(12)17)22-6-4-15(21)19-14-8-18-5-3-10(14)9-20/h1-3,5,7-8,20H,4,6,9H2,(H,19,21). The van der Waals surface area contributed by atoms with E-state index in [1.807, 2.05) is 0 Å². The molecule has 0 atom stereocenters. The molecule has 0 saturated carbocycles. The van der Waals surface area contributed by atoms with Gasteiger partial charge in [0.15, 0.2) is 0 Å². The van der Waals surface area contributed by atoms with Crippen LogP contribution in [-0.4, -0.2) is 22.6 Å². The molecule has 2 N–H and O–H groups in total. The van der Waals surface area contributed by atoms with Crippen LogP contribution in [0.5, 0.6) is 5.75 Å². The van der Waals surface area contributed by atoms with Gasteiger partial charge in [0.1, 0.15) is 5.75 Å². The number of ether oxygens (including phenoxy) is 1. The predicted molar refractivity (Wildman–Crippen MR) is 85.4 cm³/mol. The predicted octanol–water partition coefficient (Wildman–Crippen LogP) is 3.29. The number of hydrogen-bond donors (Lipinski definition) is 2. The van der Waals surface area contributed by atoms with Crippen molar-refractivity contribution >= 4 is 34.8 Å². The van der Waals surface area contributed by atoms with Crippen molar-refractivity contribution in [1.82, 2.24) is 4.98 Å². The highest BCUT2D eigenvalue weighted by atomic mass is 35.5. The molecule has 1 heterocycles. The van der Waals surface area contributed by atoms with Crippen LogP contribution in [0.1, 0.15) is 12.0 Å². The van der Waals surface area contributed by atoms with Crippen LogP contribution in [0.15, 0.2) is 36.7 Å². The van der Waals surface area contributed by atoms with Crippen molar-refractivity contribution in [2.75, 3.05) is 11.9 Å². The normalized spacial score (nSPS) is 10.3. The van der Waals surface area contributed by atoms with E-state index < -0.39 is 0 Å². The van der Waals surface area contributed by atoms with Crippen LogP contribution in [0, 0.1) is 0 Å². The number of aliphatic hydroxyl groups is 1. The second kappa shape index (κ2) is 7.98. The van der Waals surface area contributed by atoms with Crippen molar-refractivity contribution in [2.24, 2.45) is 0 Å². The number of anilines is 1. The van der Waals surface area contributed by atoms with Crippen molar-refractivity contribution < 1.29 is 14.6 Å². The summed E-state index contributed by atoms with van der Waals surface area (Å²) in [6.07, 6.45) is 3.19. The van der Waals surface area contributed by atoms with Gasteiger partial charge >= 0.3 is 0 Å². The maximum absolute atomic E-state index is 11.8. The number of nitrogens with one attached hydrogen (secondary N) is 1. The summed E-state index contributed by atoms with van der Waals surface area (Å²) in [5.74, 6) is 0.308. The Kier molecular flexibility index (Phi) is 6.00. The van der Waals surface area contributed by atoms with Crippen molar-refractivity contribution in [2.45, 2.75) is 13.0 Å². The molecule has 0 spiro atoms. The third-order valence-electron chi connectivity index (χ3n) is 2.84. The van der Waals surface area contributed by atoms with E-state index >= 15 is 0 Å². The molecule has 0 saturated heterocycles. The Bertz CT molecular complexity index is 665. The lowest BCUT2D eigenvalue weighted by molar-refractivity contribution is -0.116. The topological polar surface area (TPSA) is 71.5 Å². The first kappa shape index (κ1) is 16.5. The van der Waals surface area contributed by atoms with Crippen molar-refractivity contribution in [3.05, 3.63) is 52.3 Å². The summed E-state index contributed by atoms with van der Waals surface area (Å²) < 4.78 is 5.44. The van der Waals surface area contributed by atoms with Crippen molar-refractivity contribution in [3.63, 3.8) is 0 Å². The van der Waals surface area contributed by atoms with Gasteiger partial charge < -0.3 is 15.2 Å². The molecule has 0 aliphatic carbocycles. The lowest BCUT2D eigenvalue weighted by atomic mass is 10.2. The van der Waals surface area contributed by atoms with E-state index in [2.05, 4.69) is 10.3 Å². The largest absolute Gasteiger partial charge is 0.493 e. The molecule has 5 nitrogen and oxygen atoms in total. The first-order valence-corrected chi connectivity index (χ1v) is 7.27. The quantitative estimate of drug-likeness (QED) is 0.846. The highest BCUT2D eigenvalue weighted by Gasteiger charge is 2.07. The molecule has 7 heteroatoms. The average Bonchev–Trinajstić information content (AvgIpc) is 2.51. The molecule has 1 amide bonds. The van der Waals surface area contributed by atoms with E-state index in [1.54, 1.807) is 30.5 Å². The van der Waals surface area contributed by atoms with E-state index in [0.29, 0.717) is 27.0 Å². The lowest BCUT2D eigenvalue weighted by Gasteiger charge is -2.10. The number of benzene rings is 1. The maximum Gasteiger partial charge on any atom is 0.227 e. The Hall–Kier alpha value is -1.82. The number of halogens is 2. The van der Waals surface area contributed by atoms with Crippen LogP contribution in [0.2, 0.25) is 10.0 Å². The Morgan fingerprint density at radius 2 is 2.09 bits per heavy atom. The van der Waals surface area contributed by atoms with Crippen LogP contribution in [0.25, 0.3) is 0 Å². The zero-order chi connectivity index (χ0) is 15.9. The molecule has 1 aromatic carbocycles. The minimum atomic E-state index is -0.234. The Balaban J connectivity index is 1.84. The molecular weight excluding hydrogens is 327 g/mol. The Morgan fingerprint density at radius 3 is 2.82 bits per heavy atom. The maximum atomic E-state index is 11.8. The molecular formula is C15H14Cl2N2O3. The average molecular weight is 341 g/mol. The fourth-order valence-electron chi connectivity index (χ4n) is 1.71. The molecule has 0 unspecified atom stereocenters. The van der Waals surface area contributed by atoms with Gasteiger partial charge in [-0.1, -0.05) is 23.2 Å². The summed E-state index contributed by atoms with van der Waals surface area (Å²) in [5.41, 5.74) is 1.10. The second-order valence-electron chi connectivity index (χ2n) is 4.41. The first-order chi connectivity index (χ1) is 10.6. The summed E-state index contributed by atoms with van der Waals surface area (Å²) in [4.78, 5) is 15.8. The minimum absolute atomic E-state index is 0.153. The van der Waals surface area contributed by atoms with Crippen molar-refractivity contribution in [1.29, 1.82) is 0 Å². The molecule has 0 fully saturated rings. The van der Waals surface area contributed by atoms with E-state index in [0.717, 1.165) is 0 Å². The Morgan fingerprint density at radius 1 is 1.27 bits per heavy atom. The summed E-state index contributed by atoms with van der Waals surface area (Å²) in [5, 5.41) is 12.7. The van der Waals surface area contributed by atoms with Gasteiger partial charge in [-0.05, 0) is 18.2 Å². The van der Waals surface area contributed by atoms with Gasteiger partial charge in [-0.15, -0.1) is 0 Å². The minimum Gasteiger partial charge on any atom is -0.493 e. The summed E-state index contributed by atoms with van der Waals surface area (Å²) >= 11 is 11.7. The third-order valence-corrected chi connectivity index (χ3v) is 3.58. The number of rotatable bonds is 6. The van der Waals surface area contributed by atoms with Crippen LogP contribution >= 0.6 is 23.2 Å². The fraction of sp³-hybridized carbons (Fsp3) is 0.200. The number of carbonyl (C=O) groups excluding carboxylic acids is 1. The number of amides is 1. The molecule has 22 heavy (non-hydrogen) atoms. The van der Waals surface area contributed by atoms with E-state index in [-0.39, 0.29) is 25.5 Å². The smallest absolute Gasteiger partial charge is 0.227 e. The number of aromatic nitrogens is 1. The molecule has 2 rings (SSSR count). The van der Waals surface area contributed by atoms with E-state index in [4.69, 9.17) is 27.9 Å². The second-order valence-corrected chi connectivity index (χ2v) is 5.23. The van der Waals surface area contributed by atoms with Gasteiger partial charge in [0, 0.05) is 17.8 Å². The summed E-state index contributed by atoms with van der Waals surface area (Å²) in [7, 11) is 0. The van der Waals surface area contributed by atoms with Crippen LogP contribution in [-0.2, 0) is 11.4 Å². The van der Waals surface area contributed by atoms with E-state index in [9.17, 15) is 9.90 Å². The fourth-order valence-corrected chi connectivity index (χ4v) is 2.00. The molecule has 0 bridgehead atoms. The molecule has 1 aromatic heterocycles. The molecule has 0 aliphatic heterocycles. The summed E-state index contributed by atoms with van der Waals surface area (Å²) in [6.45, 7) is 0.0242. The number of pyridine rings is 1. The van der Waals surface area contributed by atoms with Gasteiger partial charge in [-0.25, -0.2) is 0 Å². The van der Waals surface area contributed by atoms with Gasteiger partial charge in [0.25, 0.3) is 0 Å².